The van der Waals surface area contributed by atoms with E-state index in [1.165, 1.54) is 13.2 Å². The lowest BCUT2D eigenvalue weighted by Crippen LogP contribution is -2.49. The van der Waals surface area contributed by atoms with Gasteiger partial charge in [0.15, 0.2) is 11.5 Å². The van der Waals surface area contributed by atoms with Crippen LogP contribution in [0.2, 0.25) is 0 Å². The van der Waals surface area contributed by atoms with Crippen molar-refractivity contribution < 1.29 is 23.0 Å². The number of carbonyl (C=O) groups excluding carboxylic acids is 1. The molecule has 0 saturated carbocycles. The molecule has 1 unspecified atom stereocenters. The van der Waals surface area contributed by atoms with Gasteiger partial charge in [-0.1, -0.05) is 13.0 Å². The topological polar surface area (TPSA) is 59.6 Å². The molecule has 1 aliphatic rings. The Morgan fingerprint density at radius 2 is 2.09 bits per heavy atom. The smallest absolute Gasteiger partial charge is 0.387 e. The van der Waals surface area contributed by atoms with Crippen LogP contribution in [0.1, 0.15) is 12.5 Å². The summed E-state index contributed by atoms with van der Waals surface area (Å²) >= 11 is 0. The highest BCUT2D eigenvalue weighted by Gasteiger charge is 2.28. The van der Waals surface area contributed by atoms with E-state index >= 15 is 0 Å². The van der Waals surface area contributed by atoms with E-state index in [2.05, 4.69) is 15.4 Å². The molecule has 1 amide bonds. The Bertz CT molecular complexity index is 527. The average molecular weight is 351 g/mol. The van der Waals surface area contributed by atoms with Crippen molar-refractivity contribution in [1.29, 1.82) is 0 Å². The van der Waals surface area contributed by atoms with Crippen LogP contribution in [0.5, 0.6) is 11.5 Å². The SMILES string of the molecule is COc1ccc(CNC(=O)C(C)C2CNC2)cc1OC(F)F.Cl. The zero-order valence-corrected chi connectivity index (χ0v) is 13.8. The molecule has 0 bridgehead atoms. The van der Waals surface area contributed by atoms with Gasteiger partial charge in [-0.05, 0) is 36.7 Å². The molecule has 8 heteroatoms. The zero-order chi connectivity index (χ0) is 16.1. The van der Waals surface area contributed by atoms with Crippen molar-refractivity contribution >= 4 is 18.3 Å². The fourth-order valence-corrected chi connectivity index (χ4v) is 2.25. The van der Waals surface area contributed by atoms with Gasteiger partial charge in [-0.25, -0.2) is 0 Å². The van der Waals surface area contributed by atoms with Crippen LogP contribution in [0.3, 0.4) is 0 Å². The number of rotatable bonds is 7. The van der Waals surface area contributed by atoms with Crippen molar-refractivity contribution in [2.45, 2.75) is 20.1 Å². The number of ether oxygens (including phenoxy) is 2. The van der Waals surface area contributed by atoms with Gasteiger partial charge in [0.2, 0.25) is 5.91 Å². The minimum Gasteiger partial charge on any atom is -0.493 e. The minimum absolute atomic E-state index is 0. The molecular weight excluding hydrogens is 330 g/mol. The van der Waals surface area contributed by atoms with Gasteiger partial charge < -0.3 is 20.1 Å². The second-order valence-electron chi connectivity index (χ2n) is 5.29. The lowest BCUT2D eigenvalue weighted by molar-refractivity contribution is -0.126. The molecule has 0 aromatic heterocycles. The van der Waals surface area contributed by atoms with Crippen LogP contribution in [0.25, 0.3) is 0 Å². The highest BCUT2D eigenvalue weighted by molar-refractivity contribution is 5.85. The van der Waals surface area contributed by atoms with E-state index in [9.17, 15) is 13.6 Å². The largest absolute Gasteiger partial charge is 0.493 e. The molecule has 1 saturated heterocycles. The summed E-state index contributed by atoms with van der Waals surface area (Å²) in [6.07, 6.45) is 0. The van der Waals surface area contributed by atoms with Crippen molar-refractivity contribution in [3.63, 3.8) is 0 Å². The summed E-state index contributed by atoms with van der Waals surface area (Å²) in [6.45, 7) is 0.921. The number of hydrogen-bond donors (Lipinski definition) is 2. The van der Waals surface area contributed by atoms with E-state index in [1.807, 2.05) is 6.92 Å². The van der Waals surface area contributed by atoms with Crippen molar-refractivity contribution in [2.75, 3.05) is 20.2 Å². The molecule has 1 fully saturated rings. The molecule has 1 aromatic rings. The number of methoxy groups -OCH3 is 1. The maximum Gasteiger partial charge on any atom is 0.387 e. The van der Waals surface area contributed by atoms with Gasteiger partial charge in [0.05, 0.1) is 7.11 Å². The normalized spacial score (nSPS) is 15.3. The van der Waals surface area contributed by atoms with Crippen LogP contribution in [-0.4, -0.2) is 32.7 Å². The van der Waals surface area contributed by atoms with Gasteiger partial charge in [0, 0.05) is 12.5 Å². The summed E-state index contributed by atoms with van der Waals surface area (Å²) in [5.74, 6) is 0.424. The van der Waals surface area contributed by atoms with Crippen LogP contribution in [0.15, 0.2) is 18.2 Å². The van der Waals surface area contributed by atoms with Gasteiger partial charge in [0.1, 0.15) is 0 Å². The summed E-state index contributed by atoms with van der Waals surface area (Å²) < 4.78 is 34.1. The van der Waals surface area contributed by atoms with Gasteiger partial charge in [-0.15, -0.1) is 12.4 Å². The van der Waals surface area contributed by atoms with Crippen molar-refractivity contribution in [2.24, 2.45) is 11.8 Å². The third-order valence-electron chi connectivity index (χ3n) is 3.84. The number of benzene rings is 1. The van der Waals surface area contributed by atoms with Crippen LogP contribution >= 0.6 is 12.4 Å². The van der Waals surface area contributed by atoms with Crippen LogP contribution < -0.4 is 20.1 Å². The second-order valence-corrected chi connectivity index (χ2v) is 5.29. The Kier molecular flexibility index (Phi) is 7.51. The highest BCUT2D eigenvalue weighted by atomic mass is 35.5. The van der Waals surface area contributed by atoms with Crippen LogP contribution in [0.4, 0.5) is 8.78 Å². The number of nitrogens with one attached hydrogen (secondary N) is 2. The monoisotopic (exact) mass is 350 g/mol. The summed E-state index contributed by atoms with van der Waals surface area (Å²) in [7, 11) is 1.38. The predicted molar refractivity (Wildman–Crippen MR) is 84.2 cm³/mol. The molecule has 2 N–H and O–H groups in total. The maximum atomic E-state index is 12.4. The molecule has 2 rings (SSSR count). The van der Waals surface area contributed by atoms with E-state index in [-0.39, 0.29) is 42.3 Å². The summed E-state index contributed by atoms with van der Waals surface area (Å²) in [5, 5.41) is 5.94. The number of hydrogen-bond acceptors (Lipinski definition) is 4. The van der Waals surface area contributed by atoms with E-state index in [0.717, 1.165) is 13.1 Å². The van der Waals surface area contributed by atoms with Crippen molar-refractivity contribution in [3.05, 3.63) is 23.8 Å². The zero-order valence-electron chi connectivity index (χ0n) is 13.0. The van der Waals surface area contributed by atoms with E-state index in [1.54, 1.807) is 12.1 Å². The first-order valence-corrected chi connectivity index (χ1v) is 7.11. The Morgan fingerprint density at radius 1 is 1.39 bits per heavy atom. The average Bonchev–Trinajstić information content (AvgIpc) is 2.42. The Labute approximate surface area is 140 Å². The standard InChI is InChI=1S/C15H20F2N2O3.ClH/c1-9(11-7-18-8-11)14(20)19-6-10-3-4-12(21-2)13(5-10)22-15(16)17;/h3-5,9,11,15,18H,6-8H2,1-2H3,(H,19,20);1H. The van der Waals surface area contributed by atoms with Gasteiger partial charge in [0.25, 0.3) is 0 Å². The molecule has 23 heavy (non-hydrogen) atoms. The molecule has 0 aliphatic carbocycles. The second kappa shape index (κ2) is 8.88. The molecule has 1 heterocycles. The van der Waals surface area contributed by atoms with Gasteiger partial charge >= 0.3 is 6.61 Å². The molecule has 0 radical (unpaired) electrons. The van der Waals surface area contributed by atoms with Crippen LogP contribution in [-0.2, 0) is 11.3 Å². The maximum absolute atomic E-state index is 12.4. The quantitative estimate of drug-likeness (QED) is 0.791. The third-order valence-corrected chi connectivity index (χ3v) is 3.84. The van der Waals surface area contributed by atoms with Crippen molar-refractivity contribution in [3.8, 4) is 11.5 Å². The molecule has 130 valence electrons. The fourth-order valence-electron chi connectivity index (χ4n) is 2.25. The summed E-state index contributed by atoms with van der Waals surface area (Å²) in [6, 6.07) is 4.69. The van der Waals surface area contributed by atoms with Crippen molar-refractivity contribution in [1.82, 2.24) is 10.6 Å². The lowest BCUT2D eigenvalue weighted by atomic mass is 9.88. The molecule has 5 nitrogen and oxygen atoms in total. The molecule has 0 spiro atoms. The van der Waals surface area contributed by atoms with Gasteiger partial charge in [-0.3, -0.25) is 4.79 Å². The van der Waals surface area contributed by atoms with E-state index in [4.69, 9.17) is 4.74 Å². The lowest BCUT2D eigenvalue weighted by Gasteiger charge is -2.31. The molecule has 1 aliphatic heterocycles. The van der Waals surface area contributed by atoms with Crippen LogP contribution in [0, 0.1) is 11.8 Å². The molecular formula is C15H21ClF2N2O3. The molecule has 1 aromatic carbocycles. The first-order valence-electron chi connectivity index (χ1n) is 7.11. The Balaban J connectivity index is 0.00000264. The summed E-state index contributed by atoms with van der Waals surface area (Å²) in [5.41, 5.74) is 0.670. The predicted octanol–water partition coefficient (Wildman–Crippen LogP) is 2.19. The van der Waals surface area contributed by atoms with E-state index < -0.39 is 6.61 Å². The number of amides is 1. The fraction of sp³-hybridized carbons (Fsp3) is 0.533. The number of alkyl halides is 2. The number of halogens is 3. The third kappa shape index (κ3) is 5.21. The minimum atomic E-state index is -2.93. The molecule has 1 atom stereocenters. The Hall–Kier alpha value is -1.60. The summed E-state index contributed by atoms with van der Waals surface area (Å²) in [4.78, 5) is 12.0. The Morgan fingerprint density at radius 3 is 2.61 bits per heavy atom. The first-order chi connectivity index (χ1) is 10.5. The van der Waals surface area contributed by atoms with Gasteiger partial charge in [-0.2, -0.15) is 8.78 Å². The number of carbonyl (C=O) groups is 1. The van der Waals surface area contributed by atoms with E-state index in [0.29, 0.717) is 11.5 Å². The first kappa shape index (κ1) is 19.4. The highest BCUT2D eigenvalue weighted by Crippen LogP contribution is 2.29.